The molecule has 0 aromatic carbocycles. The molecule has 0 aromatic heterocycles. The van der Waals surface area contributed by atoms with E-state index in [0.29, 0.717) is 19.1 Å². The van der Waals surface area contributed by atoms with Crippen LogP contribution in [0.15, 0.2) is 0 Å². The van der Waals surface area contributed by atoms with Crippen molar-refractivity contribution in [3.05, 3.63) is 0 Å². The van der Waals surface area contributed by atoms with E-state index in [1.54, 1.807) is 0 Å². The number of likely N-dealkylation sites (tertiary alicyclic amines) is 1. The number of nitrogens with zero attached hydrogens (tertiary/aromatic N) is 1. The maximum atomic E-state index is 12.0. The zero-order valence-corrected chi connectivity index (χ0v) is 9.39. The van der Waals surface area contributed by atoms with E-state index in [-0.39, 0.29) is 6.04 Å². The van der Waals surface area contributed by atoms with Crippen molar-refractivity contribution in [2.75, 3.05) is 19.6 Å². The molecule has 0 saturated carbocycles. The van der Waals surface area contributed by atoms with Gasteiger partial charge in [-0.15, -0.1) is 0 Å². The van der Waals surface area contributed by atoms with Crippen LogP contribution in [0.4, 0.5) is 18.0 Å². The minimum Gasteiger partial charge on any atom is -0.329 e. The number of halogens is 3. The highest BCUT2D eigenvalue weighted by Gasteiger charge is 2.33. The van der Waals surface area contributed by atoms with Gasteiger partial charge < -0.3 is 15.5 Å². The van der Waals surface area contributed by atoms with Crippen LogP contribution in [0.25, 0.3) is 0 Å². The number of alkyl halides is 3. The Kier molecular flexibility index (Phi) is 3.46. The van der Waals surface area contributed by atoms with Gasteiger partial charge in [0.1, 0.15) is 6.54 Å². The number of fused-ring (bicyclic) bond motifs is 2. The van der Waals surface area contributed by atoms with Gasteiger partial charge >= 0.3 is 12.2 Å². The van der Waals surface area contributed by atoms with Gasteiger partial charge in [0.15, 0.2) is 0 Å². The largest absolute Gasteiger partial charge is 0.405 e. The molecule has 0 spiro atoms. The molecule has 7 heteroatoms. The number of amides is 2. The number of rotatable bonds is 1. The Morgan fingerprint density at radius 1 is 1.29 bits per heavy atom. The summed E-state index contributed by atoms with van der Waals surface area (Å²) < 4.78 is 35.9. The second-order valence-corrected chi connectivity index (χ2v) is 4.65. The summed E-state index contributed by atoms with van der Waals surface area (Å²) in [4.78, 5) is 13.0. The van der Waals surface area contributed by atoms with Crippen LogP contribution in [0.5, 0.6) is 0 Å². The Balaban J connectivity index is 1.83. The van der Waals surface area contributed by atoms with Crippen LogP contribution in [0, 0.1) is 0 Å². The van der Waals surface area contributed by atoms with Crippen molar-refractivity contribution in [1.82, 2.24) is 15.5 Å². The van der Waals surface area contributed by atoms with Gasteiger partial charge in [0.05, 0.1) is 0 Å². The van der Waals surface area contributed by atoms with Crippen LogP contribution < -0.4 is 10.6 Å². The average Bonchev–Trinajstić information content (AvgIpc) is 2.54. The first-order valence-corrected chi connectivity index (χ1v) is 5.79. The van der Waals surface area contributed by atoms with E-state index in [1.165, 1.54) is 4.90 Å². The fraction of sp³-hybridized carbons (Fsp3) is 0.900. The van der Waals surface area contributed by atoms with E-state index in [1.807, 2.05) is 5.32 Å². The highest BCUT2D eigenvalue weighted by atomic mass is 19.4. The molecule has 0 aromatic rings. The number of carbonyl (C=O) groups excluding carboxylic acids is 1. The van der Waals surface area contributed by atoms with Crippen molar-refractivity contribution in [3.8, 4) is 0 Å². The van der Waals surface area contributed by atoms with E-state index in [0.717, 1.165) is 19.3 Å². The van der Waals surface area contributed by atoms with E-state index in [4.69, 9.17) is 0 Å². The predicted molar refractivity (Wildman–Crippen MR) is 55.6 cm³/mol. The Hall–Kier alpha value is -0.980. The first kappa shape index (κ1) is 12.5. The summed E-state index contributed by atoms with van der Waals surface area (Å²) in [5.41, 5.74) is 0. The number of hydrogen-bond donors (Lipinski definition) is 2. The van der Waals surface area contributed by atoms with Gasteiger partial charge in [0.2, 0.25) is 0 Å². The Bertz CT molecular complexity index is 295. The van der Waals surface area contributed by atoms with Crippen molar-refractivity contribution >= 4 is 6.03 Å². The zero-order chi connectivity index (χ0) is 12.5. The van der Waals surface area contributed by atoms with Crippen LogP contribution in [0.3, 0.4) is 0 Å². The Morgan fingerprint density at radius 2 is 2.00 bits per heavy atom. The van der Waals surface area contributed by atoms with Crippen LogP contribution in [0.1, 0.15) is 19.3 Å². The van der Waals surface area contributed by atoms with Crippen LogP contribution in [-0.4, -0.2) is 48.8 Å². The lowest BCUT2D eigenvalue weighted by Crippen LogP contribution is -2.46. The Labute approximate surface area is 97.5 Å². The third kappa shape index (κ3) is 3.49. The quantitative estimate of drug-likeness (QED) is 0.732. The number of carbonyl (C=O) groups is 1. The number of hydrogen-bond acceptors (Lipinski definition) is 2. The molecule has 2 amide bonds. The standard InChI is InChI=1S/C10H16F3N3O/c11-10(12,13)6-14-9(17)16-4-3-7-1-2-8(5-16)15-7/h7-8,15H,1-6H2,(H,14,17). The average molecular weight is 251 g/mol. The summed E-state index contributed by atoms with van der Waals surface area (Å²) in [6.45, 7) is -0.234. The monoisotopic (exact) mass is 251 g/mol. The molecular weight excluding hydrogens is 235 g/mol. The number of urea groups is 1. The topological polar surface area (TPSA) is 44.4 Å². The van der Waals surface area contributed by atoms with Crippen molar-refractivity contribution in [2.24, 2.45) is 0 Å². The van der Waals surface area contributed by atoms with Crippen molar-refractivity contribution in [1.29, 1.82) is 0 Å². The summed E-state index contributed by atoms with van der Waals surface area (Å²) in [5, 5.41) is 5.28. The molecule has 2 saturated heterocycles. The van der Waals surface area contributed by atoms with E-state index < -0.39 is 18.8 Å². The van der Waals surface area contributed by atoms with Gasteiger partial charge in [-0.1, -0.05) is 0 Å². The normalized spacial score (nSPS) is 29.0. The molecule has 98 valence electrons. The first-order chi connectivity index (χ1) is 7.94. The lowest BCUT2D eigenvalue weighted by atomic mass is 10.1. The molecule has 17 heavy (non-hydrogen) atoms. The molecule has 2 aliphatic rings. The lowest BCUT2D eigenvalue weighted by molar-refractivity contribution is -0.123. The Morgan fingerprint density at radius 3 is 2.71 bits per heavy atom. The van der Waals surface area contributed by atoms with Crippen molar-refractivity contribution < 1.29 is 18.0 Å². The van der Waals surface area contributed by atoms with E-state index in [2.05, 4.69) is 5.32 Å². The SMILES string of the molecule is O=C(NCC(F)(F)F)N1CCC2CCC(C1)N2. The highest BCUT2D eigenvalue weighted by Crippen LogP contribution is 2.20. The molecule has 2 atom stereocenters. The molecule has 2 fully saturated rings. The fourth-order valence-corrected chi connectivity index (χ4v) is 2.42. The maximum Gasteiger partial charge on any atom is 0.405 e. The van der Waals surface area contributed by atoms with Crippen LogP contribution >= 0.6 is 0 Å². The third-order valence-corrected chi connectivity index (χ3v) is 3.25. The summed E-state index contributed by atoms with van der Waals surface area (Å²) >= 11 is 0. The highest BCUT2D eigenvalue weighted by molar-refractivity contribution is 5.74. The zero-order valence-electron chi connectivity index (χ0n) is 9.39. The predicted octanol–water partition coefficient (Wildman–Crippen LogP) is 1.08. The molecule has 0 aliphatic carbocycles. The summed E-state index contributed by atoms with van der Waals surface area (Å²) in [6, 6.07) is 0.0382. The minimum absolute atomic E-state index is 0.235. The molecule has 2 heterocycles. The van der Waals surface area contributed by atoms with Gasteiger partial charge in [-0.3, -0.25) is 0 Å². The summed E-state index contributed by atoms with van der Waals surface area (Å²) in [7, 11) is 0. The minimum atomic E-state index is -4.35. The van der Waals surface area contributed by atoms with Gasteiger partial charge in [-0.2, -0.15) is 13.2 Å². The summed E-state index contributed by atoms with van der Waals surface area (Å²) in [6.07, 6.45) is -1.44. The van der Waals surface area contributed by atoms with Crippen molar-refractivity contribution in [2.45, 2.75) is 37.5 Å². The fourth-order valence-electron chi connectivity index (χ4n) is 2.42. The molecule has 2 N–H and O–H groups in total. The molecule has 0 radical (unpaired) electrons. The number of nitrogens with one attached hydrogen (secondary N) is 2. The molecular formula is C10H16F3N3O. The summed E-state index contributed by atoms with van der Waals surface area (Å²) in [5.74, 6) is 0. The van der Waals surface area contributed by atoms with Gasteiger partial charge in [-0.25, -0.2) is 4.79 Å². The second kappa shape index (κ2) is 4.72. The molecule has 2 bridgehead atoms. The van der Waals surface area contributed by atoms with Crippen LogP contribution in [-0.2, 0) is 0 Å². The smallest absolute Gasteiger partial charge is 0.329 e. The molecule has 2 aliphatic heterocycles. The van der Waals surface area contributed by atoms with Gasteiger partial charge in [-0.05, 0) is 19.3 Å². The molecule has 2 rings (SSSR count). The first-order valence-electron chi connectivity index (χ1n) is 5.79. The third-order valence-electron chi connectivity index (χ3n) is 3.25. The van der Waals surface area contributed by atoms with Gasteiger partial charge in [0.25, 0.3) is 0 Å². The van der Waals surface area contributed by atoms with Crippen molar-refractivity contribution in [3.63, 3.8) is 0 Å². The van der Waals surface area contributed by atoms with E-state index in [9.17, 15) is 18.0 Å². The second-order valence-electron chi connectivity index (χ2n) is 4.65. The van der Waals surface area contributed by atoms with Crippen LogP contribution in [0.2, 0.25) is 0 Å². The molecule has 2 unspecified atom stereocenters. The van der Waals surface area contributed by atoms with E-state index >= 15 is 0 Å². The van der Waals surface area contributed by atoms with Gasteiger partial charge in [0, 0.05) is 25.2 Å². The molecule has 4 nitrogen and oxygen atoms in total. The maximum absolute atomic E-state index is 12.0. The lowest BCUT2D eigenvalue weighted by Gasteiger charge is -2.24.